The van der Waals surface area contributed by atoms with Gasteiger partial charge in [0.1, 0.15) is 0 Å². The van der Waals surface area contributed by atoms with Crippen molar-refractivity contribution in [2.24, 2.45) is 5.84 Å². The Balaban J connectivity index is 2.66. The molecule has 0 fully saturated rings. The third kappa shape index (κ3) is 4.51. The van der Waals surface area contributed by atoms with E-state index in [1.54, 1.807) is 18.0 Å². The lowest BCUT2D eigenvalue weighted by molar-refractivity contribution is 0.0619. The molecule has 0 aliphatic rings. The van der Waals surface area contributed by atoms with E-state index in [9.17, 15) is 4.79 Å². The van der Waals surface area contributed by atoms with Gasteiger partial charge in [-0.3, -0.25) is 10.6 Å². The van der Waals surface area contributed by atoms with Gasteiger partial charge < -0.3 is 20.2 Å². The molecule has 1 rings (SSSR count). The van der Waals surface area contributed by atoms with Gasteiger partial charge in [0.25, 0.3) is 5.91 Å². The Labute approximate surface area is 113 Å². The van der Waals surface area contributed by atoms with Gasteiger partial charge in [-0.05, 0) is 24.6 Å². The summed E-state index contributed by atoms with van der Waals surface area (Å²) in [5, 5.41) is 8.59. The second-order valence-corrected chi connectivity index (χ2v) is 4.26. The Morgan fingerprint density at radius 3 is 2.84 bits per heavy atom. The molecular weight excluding hydrogens is 246 g/mol. The van der Waals surface area contributed by atoms with Crippen molar-refractivity contribution in [3.8, 4) is 0 Å². The average molecular weight is 267 g/mol. The lowest BCUT2D eigenvalue weighted by atomic mass is 10.1. The largest absolute Gasteiger partial charge is 0.394 e. The number of likely N-dealkylation sites (N-methyl/N-ethyl adjacent to an activating group) is 1. The van der Waals surface area contributed by atoms with Crippen LogP contribution in [-0.4, -0.2) is 49.3 Å². The van der Waals surface area contributed by atoms with Gasteiger partial charge in [-0.2, -0.15) is 0 Å². The summed E-state index contributed by atoms with van der Waals surface area (Å²) in [6.07, 6.45) is 0. The van der Waals surface area contributed by atoms with Gasteiger partial charge in [0, 0.05) is 13.6 Å². The minimum Gasteiger partial charge on any atom is -0.394 e. The Morgan fingerprint density at radius 2 is 2.21 bits per heavy atom. The number of hydrogen-bond acceptors (Lipinski definition) is 5. The maximum absolute atomic E-state index is 12.2. The van der Waals surface area contributed by atoms with E-state index in [-0.39, 0.29) is 19.1 Å². The summed E-state index contributed by atoms with van der Waals surface area (Å²) in [6, 6.07) is 5.44. The number of rotatable bonds is 7. The summed E-state index contributed by atoms with van der Waals surface area (Å²) in [6.45, 7) is 3.04. The molecule has 6 nitrogen and oxygen atoms in total. The van der Waals surface area contributed by atoms with Crippen LogP contribution >= 0.6 is 0 Å². The van der Waals surface area contributed by atoms with Crippen LogP contribution in [0.1, 0.15) is 15.9 Å². The number of nitrogens with zero attached hydrogens (tertiary/aromatic N) is 1. The Kier molecular flexibility index (Phi) is 6.27. The van der Waals surface area contributed by atoms with Crippen LogP contribution in [-0.2, 0) is 4.74 Å². The van der Waals surface area contributed by atoms with Gasteiger partial charge in [0.05, 0.1) is 31.1 Å². The van der Waals surface area contributed by atoms with Gasteiger partial charge in [0.2, 0.25) is 0 Å². The van der Waals surface area contributed by atoms with Gasteiger partial charge in [-0.15, -0.1) is 0 Å². The number of carbonyl (C=O) groups excluding carboxylic acids is 1. The smallest absolute Gasteiger partial charge is 0.255 e. The molecule has 4 N–H and O–H groups in total. The molecule has 0 saturated heterocycles. The van der Waals surface area contributed by atoms with E-state index in [0.717, 1.165) is 5.56 Å². The fourth-order valence-corrected chi connectivity index (χ4v) is 1.64. The molecule has 0 aliphatic heterocycles. The summed E-state index contributed by atoms with van der Waals surface area (Å²) < 4.78 is 5.13. The molecule has 0 bridgehead atoms. The van der Waals surface area contributed by atoms with Crippen molar-refractivity contribution in [3.05, 3.63) is 29.3 Å². The van der Waals surface area contributed by atoms with E-state index in [2.05, 4.69) is 5.43 Å². The van der Waals surface area contributed by atoms with Gasteiger partial charge >= 0.3 is 0 Å². The second-order valence-electron chi connectivity index (χ2n) is 4.26. The highest BCUT2D eigenvalue weighted by Gasteiger charge is 2.15. The van der Waals surface area contributed by atoms with Crippen molar-refractivity contribution in [2.75, 3.05) is 38.8 Å². The van der Waals surface area contributed by atoms with Gasteiger partial charge in [0.15, 0.2) is 0 Å². The normalized spacial score (nSPS) is 10.3. The molecule has 19 heavy (non-hydrogen) atoms. The van der Waals surface area contributed by atoms with E-state index in [0.29, 0.717) is 24.4 Å². The maximum Gasteiger partial charge on any atom is 0.255 e. The number of hydrazine groups is 1. The Hall–Kier alpha value is -1.63. The Bertz CT molecular complexity index is 424. The minimum atomic E-state index is -0.124. The molecule has 0 unspecified atom stereocenters. The number of nitrogen functional groups attached to an aromatic ring is 1. The highest BCUT2D eigenvalue weighted by molar-refractivity contribution is 5.99. The van der Waals surface area contributed by atoms with Crippen LogP contribution in [0.2, 0.25) is 0 Å². The number of carbonyl (C=O) groups is 1. The molecule has 1 aromatic rings. The summed E-state index contributed by atoms with van der Waals surface area (Å²) >= 11 is 0. The quantitative estimate of drug-likeness (QED) is 0.377. The van der Waals surface area contributed by atoms with Crippen molar-refractivity contribution in [2.45, 2.75) is 6.92 Å². The van der Waals surface area contributed by atoms with Crippen molar-refractivity contribution in [1.82, 2.24) is 4.90 Å². The number of aryl methyl sites for hydroxylation is 1. The van der Waals surface area contributed by atoms with E-state index in [4.69, 9.17) is 15.7 Å². The highest BCUT2D eigenvalue weighted by atomic mass is 16.5. The molecule has 0 saturated carbocycles. The third-order valence-corrected chi connectivity index (χ3v) is 2.71. The number of aliphatic hydroxyl groups excluding tert-OH is 1. The number of ether oxygens (including phenoxy) is 1. The molecule has 0 aromatic heterocycles. The topological polar surface area (TPSA) is 87.8 Å². The number of nitrogens with two attached hydrogens (primary N) is 1. The summed E-state index contributed by atoms with van der Waals surface area (Å²) in [4.78, 5) is 13.8. The first-order valence-corrected chi connectivity index (χ1v) is 6.11. The monoisotopic (exact) mass is 267 g/mol. The highest BCUT2D eigenvalue weighted by Crippen LogP contribution is 2.18. The van der Waals surface area contributed by atoms with E-state index in [1.807, 2.05) is 19.1 Å². The minimum absolute atomic E-state index is 0.0170. The molecule has 0 aliphatic carbocycles. The second kappa shape index (κ2) is 7.73. The van der Waals surface area contributed by atoms with Crippen LogP contribution in [0.3, 0.4) is 0 Å². The first-order valence-electron chi connectivity index (χ1n) is 6.11. The molecule has 1 amide bonds. The number of anilines is 1. The van der Waals surface area contributed by atoms with Crippen molar-refractivity contribution in [1.29, 1.82) is 0 Å². The SMILES string of the molecule is Cc1ccc(C(=O)N(C)CCOCCO)c(NN)c1. The van der Waals surface area contributed by atoms with Gasteiger partial charge in [-0.1, -0.05) is 6.07 Å². The van der Waals surface area contributed by atoms with Crippen molar-refractivity contribution >= 4 is 11.6 Å². The molecule has 0 heterocycles. The summed E-state index contributed by atoms with van der Waals surface area (Å²) in [5.41, 5.74) is 4.69. The van der Waals surface area contributed by atoms with Crippen LogP contribution in [0, 0.1) is 6.92 Å². The van der Waals surface area contributed by atoms with Crippen LogP contribution in [0.5, 0.6) is 0 Å². The first kappa shape index (κ1) is 15.4. The van der Waals surface area contributed by atoms with Gasteiger partial charge in [-0.25, -0.2) is 0 Å². The van der Waals surface area contributed by atoms with Crippen molar-refractivity contribution in [3.63, 3.8) is 0 Å². The number of aliphatic hydroxyl groups is 1. The van der Waals surface area contributed by atoms with E-state index >= 15 is 0 Å². The average Bonchev–Trinajstić information content (AvgIpc) is 2.42. The van der Waals surface area contributed by atoms with Crippen LogP contribution < -0.4 is 11.3 Å². The number of nitrogens with one attached hydrogen (secondary N) is 1. The molecule has 106 valence electrons. The lowest BCUT2D eigenvalue weighted by Crippen LogP contribution is -2.31. The van der Waals surface area contributed by atoms with Crippen LogP contribution in [0.15, 0.2) is 18.2 Å². The maximum atomic E-state index is 12.2. The first-order chi connectivity index (χ1) is 9.10. The zero-order chi connectivity index (χ0) is 14.3. The molecular formula is C13H21N3O3. The fraction of sp³-hybridized carbons (Fsp3) is 0.462. The predicted octanol–water partition coefficient (Wildman–Crippen LogP) is 0.362. The lowest BCUT2D eigenvalue weighted by Gasteiger charge is -2.19. The standard InChI is InChI=1S/C13H21N3O3/c1-10-3-4-11(12(9-10)15-14)13(18)16(2)5-7-19-8-6-17/h3-4,9,15,17H,5-8,14H2,1-2H3. The number of benzene rings is 1. The molecule has 0 atom stereocenters. The van der Waals surface area contributed by atoms with E-state index in [1.165, 1.54) is 0 Å². The number of hydrogen-bond donors (Lipinski definition) is 3. The van der Waals surface area contributed by atoms with Crippen LogP contribution in [0.25, 0.3) is 0 Å². The zero-order valence-corrected chi connectivity index (χ0v) is 11.3. The molecule has 0 radical (unpaired) electrons. The molecule has 1 aromatic carbocycles. The summed E-state index contributed by atoms with van der Waals surface area (Å²) in [5.74, 6) is 5.30. The molecule has 0 spiro atoms. The Morgan fingerprint density at radius 1 is 1.47 bits per heavy atom. The fourth-order valence-electron chi connectivity index (χ4n) is 1.64. The summed E-state index contributed by atoms with van der Waals surface area (Å²) in [7, 11) is 1.70. The van der Waals surface area contributed by atoms with Crippen LogP contribution in [0.4, 0.5) is 5.69 Å². The third-order valence-electron chi connectivity index (χ3n) is 2.71. The number of amides is 1. The molecule has 6 heteroatoms. The zero-order valence-electron chi connectivity index (χ0n) is 11.3. The van der Waals surface area contributed by atoms with E-state index < -0.39 is 0 Å². The van der Waals surface area contributed by atoms with Crippen molar-refractivity contribution < 1.29 is 14.6 Å². The predicted molar refractivity (Wildman–Crippen MR) is 73.9 cm³/mol.